The second-order valence-corrected chi connectivity index (χ2v) is 10.3. The Hall–Kier alpha value is -4.31. The molecule has 6 aromatic rings. The van der Waals surface area contributed by atoms with Gasteiger partial charge >= 0.3 is 0 Å². The smallest absolute Gasteiger partial charge is 0.243 e. The molecule has 4 aromatic carbocycles. The van der Waals surface area contributed by atoms with Crippen molar-refractivity contribution in [3.63, 3.8) is 0 Å². The van der Waals surface area contributed by atoms with Gasteiger partial charge in [0.1, 0.15) is 0 Å². The van der Waals surface area contributed by atoms with Gasteiger partial charge in [0.2, 0.25) is 6.33 Å². The fraction of sp³-hybridized carbons (Fsp3) is 0.114. The van der Waals surface area contributed by atoms with Crippen LogP contribution in [0.1, 0.15) is 41.7 Å². The van der Waals surface area contributed by atoms with E-state index in [9.17, 15) is 0 Å². The molecule has 0 N–H and O–H groups in total. The first-order valence-corrected chi connectivity index (χ1v) is 13.1. The van der Waals surface area contributed by atoms with Crippen LogP contribution in [0.2, 0.25) is 0 Å². The average Bonchev–Trinajstić information content (AvgIpc) is 3.62. The minimum atomic E-state index is -0.0791. The summed E-state index contributed by atoms with van der Waals surface area (Å²) in [6, 6.07) is 30.8. The minimum absolute atomic E-state index is 0. The van der Waals surface area contributed by atoms with E-state index < -0.39 is 0 Å². The summed E-state index contributed by atoms with van der Waals surface area (Å²) in [6.07, 6.45) is 9.26. The van der Waals surface area contributed by atoms with Crippen molar-refractivity contribution in [2.75, 3.05) is 0 Å². The summed E-state index contributed by atoms with van der Waals surface area (Å²) in [6.45, 7) is 13.3. The number of imidazole rings is 1. The number of fused-ring (bicyclic) bond motifs is 3. The molecular weight excluding hydrogens is 542 g/mol. The van der Waals surface area contributed by atoms with Gasteiger partial charge in [0, 0.05) is 41.0 Å². The molecule has 0 fully saturated rings. The number of hydrogen-bond donors (Lipinski definition) is 0. The molecule has 7 rings (SSSR count). The monoisotopic (exact) mass is 571 g/mol. The molecule has 0 bridgehead atoms. The van der Waals surface area contributed by atoms with Gasteiger partial charge in [0.15, 0.2) is 0 Å². The van der Waals surface area contributed by atoms with E-state index in [2.05, 4.69) is 86.0 Å². The first-order chi connectivity index (χ1) is 18.9. The Bertz CT molecular complexity index is 1710. The van der Waals surface area contributed by atoms with Gasteiger partial charge in [-0.25, -0.2) is 0 Å². The number of aromatic nitrogens is 3. The van der Waals surface area contributed by atoms with Crippen molar-refractivity contribution in [1.29, 1.82) is 0 Å². The Kier molecular flexibility index (Phi) is 7.53. The van der Waals surface area contributed by atoms with E-state index in [4.69, 9.17) is 4.74 Å². The summed E-state index contributed by atoms with van der Waals surface area (Å²) < 4.78 is 10.1. The molecule has 3 heterocycles. The van der Waals surface area contributed by atoms with Gasteiger partial charge in [-0.2, -0.15) is 43.3 Å². The molecule has 1 aliphatic heterocycles. The molecule has 40 heavy (non-hydrogen) atoms. The SMILES string of the molecule is [CH2-]c1cccc2c1Oc1c([CH2-])cccc1C2(C)C.[Cu].[c-]1n(-c2ccccc2)cc[n+]1Cc1cccc2cc[n-]c12. The molecule has 4 nitrogen and oxygen atoms in total. The quantitative estimate of drug-likeness (QED) is 0.128. The maximum Gasteiger partial charge on any atom is 0.243 e. The Morgan fingerprint density at radius 3 is 2.15 bits per heavy atom. The van der Waals surface area contributed by atoms with Crippen LogP contribution in [-0.2, 0) is 29.0 Å². The first kappa shape index (κ1) is 27.3. The Labute approximate surface area is 246 Å². The molecule has 5 heteroatoms. The van der Waals surface area contributed by atoms with Crippen molar-refractivity contribution >= 4 is 10.9 Å². The Morgan fingerprint density at radius 2 is 1.48 bits per heavy atom. The molecule has 1 radical (unpaired) electrons. The summed E-state index contributed by atoms with van der Waals surface area (Å²) in [4.78, 5) is 4.45. The molecule has 2 aromatic heterocycles. The van der Waals surface area contributed by atoms with E-state index in [1.807, 2.05) is 71.7 Å². The second kappa shape index (κ2) is 11.1. The molecule has 0 amide bonds. The molecule has 0 saturated carbocycles. The van der Waals surface area contributed by atoms with Crippen LogP contribution >= 0.6 is 0 Å². The number of para-hydroxylation sites is 4. The molecule has 0 atom stereocenters. The van der Waals surface area contributed by atoms with E-state index in [0.29, 0.717) is 0 Å². The molecular formula is C35H30CuN3O-3. The van der Waals surface area contributed by atoms with Gasteiger partial charge in [-0.1, -0.05) is 91.7 Å². The van der Waals surface area contributed by atoms with Crippen molar-refractivity contribution in [2.45, 2.75) is 25.8 Å². The summed E-state index contributed by atoms with van der Waals surface area (Å²) >= 11 is 0. The zero-order valence-corrected chi connectivity index (χ0v) is 23.5. The maximum absolute atomic E-state index is 6.05. The summed E-state index contributed by atoms with van der Waals surface area (Å²) in [5, 5.41) is 1.19. The van der Waals surface area contributed by atoms with Gasteiger partial charge in [0.25, 0.3) is 0 Å². The van der Waals surface area contributed by atoms with E-state index in [0.717, 1.165) is 40.4 Å². The number of hydrogen-bond acceptors (Lipinski definition) is 1. The van der Waals surface area contributed by atoms with Crippen LogP contribution < -0.4 is 14.3 Å². The zero-order chi connectivity index (χ0) is 27.0. The summed E-state index contributed by atoms with van der Waals surface area (Å²) in [7, 11) is 0. The number of benzene rings is 4. The Morgan fingerprint density at radius 1 is 0.825 bits per heavy atom. The van der Waals surface area contributed by atoms with Crippen molar-refractivity contribution in [3.05, 3.63) is 158 Å². The van der Waals surface area contributed by atoms with Crippen molar-refractivity contribution in [1.82, 2.24) is 9.55 Å². The van der Waals surface area contributed by atoms with Gasteiger partial charge in [0.05, 0.1) is 12.2 Å². The summed E-state index contributed by atoms with van der Waals surface area (Å²) in [5.41, 5.74) is 7.55. The Balaban J connectivity index is 0.000000159. The van der Waals surface area contributed by atoms with Crippen LogP contribution in [-0.4, -0.2) is 4.57 Å². The molecule has 0 unspecified atom stereocenters. The van der Waals surface area contributed by atoms with Gasteiger partial charge in [-0.3, -0.25) is 0 Å². The van der Waals surface area contributed by atoms with Crippen LogP contribution in [0.25, 0.3) is 16.6 Å². The van der Waals surface area contributed by atoms with E-state index in [-0.39, 0.29) is 22.5 Å². The number of nitrogens with zero attached hydrogens (tertiary/aromatic N) is 3. The fourth-order valence-electron chi connectivity index (χ4n) is 5.22. The molecule has 205 valence electrons. The van der Waals surface area contributed by atoms with Crippen molar-refractivity contribution in [3.8, 4) is 17.2 Å². The van der Waals surface area contributed by atoms with Gasteiger partial charge in [-0.05, 0) is 16.4 Å². The zero-order valence-electron chi connectivity index (χ0n) is 22.6. The normalized spacial score (nSPS) is 12.8. The van der Waals surface area contributed by atoms with Crippen LogP contribution in [0.3, 0.4) is 0 Å². The van der Waals surface area contributed by atoms with Crippen LogP contribution in [0.4, 0.5) is 0 Å². The van der Waals surface area contributed by atoms with E-state index in [1.54, 1.807) is 0 Å². The molecule has 0 aliphatic carbocycles. The number of rotatable bonds is 3. The van der Waals surface area contributed by atoms with Crippen molar-refractivity contribution in [2.24, 2.45) is 0 Å². The van der Waals surface area contributed by atoms with Crippen LogP contribution in [0.15, 0.2) is 110 Å². The largest absolute Gasteiger partial charge is 0.663 e. The van der Waals surface area contributed by atoms with E-state index >= 15 is 0 Å². The molecule has 0 saturated heterocycles. The second-order valence-electron chi connectivity index (χ2n) is 10.3. The fourth-order valence-corrected chi connectivity index (χ4v) is 5.22. The average molecular weight is 572 g/mol. The molecule has 1 aliphatic rings. The third-order valence-corrected chi connectivity index (χ3v) is 7.36. The molecule has 0 spiro atoms. The number of ether oxygens (including phenoxy) is 1. The van der Waals surface area contributed by atoms with E-state index in [1.165, 1.54) is 22.1 Å². The third-order valence-electron chi connectivity index (χ3n) is 7.36. The third kappa shape index (κ3) is 5.02. The predicted molar refractivity (Wildman–Crippen MR) is 155 cm³/mol. The van der Waals surface area contributed by atoms with Crippen LogP contribution in [0, 0.1) is 20.2 Å². The van der Waals surface area contributed by atoms with Gasteiger partial charge in [-0.15, -0.1) is 17.6 Å². The van der Waals surface area contributed by atoms with Gasteiger partial charge < -0.3 is 18.9 Å². The summed E-state index contributed by atoms with van der Waals surface area (Å²) in [5.74, 6) is 1.76. The maximum atomic E-state index is 6.05. The minimum Gasteiger partial charge on any atom is -0.663 e. The standard InChI is InChI=1S/C18H14N3.C17H16O.Cu/c1-2-7-17(8-3-1)21-12-11-20(14-21)13-16-6-4-5-15-9-10-19-18(15)16;1-11-7-5-9-13-15(11)18-16-12(2)8-6-10-14(16)17(13,3)4;/h1-12H,13H2;5-10H,1-2H2,3-4H3;/q-1;-2;. The topological polar surface area (TPSA) is 32.1 Å². The first-order valence-electron chi connectivity index (χ1n) is 13.1. The van der Waals surface area contributed by atoms with Crippen LogP contribution in [0.5, 0.6) is 11.5 Å². The van der Waals surface area contributed by atoms with Crippen molar-refractivity contribution < 1.29 is 26.4 Å². The predicted octanol–water partition coefficient (Wildman–Crippen LogP) is 7.20.